The summed E-state index contributed by atoms with van der Waals surface area (Å²) < 4.78 is 38.2. The number of carbonyl (C=O) groups excluding carboxylic acids is 5. The van der Waals surface area contributed by atoms with Crippen LogP contribution in [-0.4, -0.2) is 114 Å². The lowest BCUT2D eigenvalue weighted by molar-refractivity contribution is -0.295. The van der Waals surface area contributed by atoms with E-state index in [9.17, 15) is 24.0 Å². The Morgan fingerprint density at radius 1 is 1.00 bits per heavy atom. The van der Waals surface area contributed by atoms with Gasteiger partial charge < -0.3 is 38.6 Å². The summed E-state index contributed by atoms with van der Waals surface area (Å²) in [5, 5.41) is 3.75. The standard InChI is InChI=1S/C49H61N3O11/c1-11-38-49(8)42(51-47(57)63-49)30(4)39(53)28(2)26-48(7,58-23-17-18-33-25-35-21-15-16-22-36(35)50-27-33)43(31(5)40(54)32(6)44(55)60-38)62-46-41(37(52(9)10)24-29(3)59-46)61-45(56)34-19-13-12-14-20-34/h12-22,25,27-31,37-38,41-43,46H,6,11,23-24,26H2,1-5,7-10H3,(H,51,57)/b18-17+/t28-,29-,30-,31+,37+,38+,41-,42-,43-,46+,48+,49-/m1/s1. The quantitative estimate of drug-likeness (QED) is 0.0969. The van der Waals surface area contributed by atoms with Crippen molar-refractivity contribution >= 4 is 46.6 Å². The molecule has 4 heterocycles. The highest BCUT2D eigenvalue weighted by molar-refractivity contribution is 6.17. The molecule has 6 rings (SSSR count). The van der Waals surface area contributed by atoms with Crippen LogP contribution in [0.15, 0.2) is 85.1 Å². The fourth-order valence-electron chi connectivity index (χ4n) is 9.42. The number of esters is 2. The van der Waals surface area contributed by atoms with Crippen molar-refractivity contribution < 1.29 is 52.4 Å². The van der Waals surface area contributed by atoms with E-state index in [0.717, 1.165) is 16.5 Å². The average molecular weight is 868 g/mol. The van der Waals surface area contributed by atoms with Gasteiger partial charge in [0.2, 0.25) is 0 Å². The van der Waals surface area contributed by atoms with Crippen LogP contribution in [0.1, 0.15) is 83.7 Å². The number of ketones is 2. The van der Waals surface area contributed by atoms with E-state index < -0.39 is 89.0 Å². The number of nitrogens with one attached hydrogen (secondary N) is 1. The second kappa shape index (κ2) is 19.6. The van der Waals surface area contributed by atoms with Crippen molar-refractivity contribution in [2.24, 2.45) is 17.8 Å². The Bertz CT molecular complexity index is 2210. The molecule has 3 fully saturated rings. The molecular weight excluding hydrogens is 807 g/mol. The van der Waals surface area contributed by atoms with Gasteiger partial charge in [0, 0.05) is 29.3 Å². The minimum Gasteiger partial charge on any atom is -0.454 e. The van der Waals surface area contributed by atoms with Crippen molar-refractivity contribution in [2.75, 3.05) is 20.7 Å². The van der Waals surface area contributed by atoms with E-state index in [1.54, 1.807) is 78.1 Å². The van der Waals surface area contributed by atoms with Gasteiger partial charge in [0.05, 0.1) is 53.2 Å². The van der Waals surface area contributed by atoms with Crippen molar-refractivity contribution in [1.82, 2.24) is 15.2 Å². The van der Waals surface area contributed by atoms with Crippen LogP contribution in [0.5, 0.6) is 0 Å². The number of ether oxygens (including phenoxy) is 6. The van der Waals surface area contributed by atoms with Crippen LogP contribution in [0.2, 0.25) is 0 Å². The molecule has 0 aliphatic carbocycles. The van der Waals surface area contributed by atoms with Crippen molar-refractivity contribution in [3.63, 3.8) is 0 Å². The number of para-hydroxylation sites is 1. The summed E-state index contributed by atoms with van der Waals surface area (Å²) in [6, 6.07) is 17.1. The van der Waals surface area contributed by atoms with E-state index in [2.05, 4.69) is 16.9 Å². The normalized spacial score (nSPS) is 33.4. The van der Waals surface area contributed by atoms with Gasteiger partial charge in [-0.05, 0) is 84.0 Å². The van der Waals surface area contributed by atoms with E-state index in [1.165, 1.54) is 0 Å². The molecule has 0 bridgehead atoms. The SMILES string of the molecule is C=C1C(=O)O[C@@H](CC)[C@@]2(C)OC(=O)N[C@@H]2[C@H](C)C(=O)[C@H](C)C[C@](C)(OC/C=C/c2cnc3ccccc3c2)[C@H](O[C@@H]2O[C@H](C)C[C@H](N(C)C)[C@H]2OC(=O)c2ccccc2)[C@@H](C)C1=O. The van der Waals surface area contributed by atoms with Crippen LogP contribution in [0.3, 0.4) is 0 Å². The Kier molecular flexibility index (Phi) is 14.7. The van der Waals surface area contributed by atoms with E-state index in [4.69, 9.17) is 28.4 Å². The summed E-state index contributed by atoms with van der Waals surface area (Å²) in [7, 11) is 3.75. The predicted molar refractivity (Wildman–Crippen MR) is 235 cm³/mol. The van der Waals surface area contributed by atoms with Gasteiger partial charge in [-0.15, -0.1) is 0 Å². The first kappa shape index (κ1) is 47.2. The second-order valence-electron chi connectivity index (χ2n) is 17.8. The molecule has 0 saturated carbocycles. The number of alkyl carbamates (subject to hydrolysis) is 1. The molecule has 338 valence electrons. The van der Waals surface area contributed by atoms with Crippen LogP contribution in [0.25, 0.3) is 17.0 Å². The van der Waals surface area contributed by atoms with Gasteiger partial charge >= 0.3 is 18.0 Å². The monoisotopic (exact) mass is 867 g/mol. The van der Waals surface area contributed by atoms with Crippen molar-refractivity contribution in [2.45, 2.75) is 122 Å². The first-order valence-electron chi connectivity index (χ1n) is 21.7. The van der Waals surface area contributed by atoms with Crippen LogP contribution in [0.4, 0.5) is 4.79 Å². The number of rotatable bonds is 10. The number of cyclic esters (lactones) is 1. The highest BCUT2D eigenvalue weighted by Gasteiger charge is 2.57. The number of hydrogen-bond acceptors (Lipinski definition) is 13. The Morgan fingerprint density at radius 3 is 2.40 bits per heavy atom. The number of pyridine rings is 1. The van der Waals surface area contributed by atoms with Gasteiger partial charge in [-0.25, -0.2) is 14.4 Å². The number of likely N-dealkylation sites (N-methyl/N-ethyl adjacent to an activating group) is 1. The van der Waals surface area contributed by atoms with E-state index in [-0.39, 0.29) is 37.4 Å². The number of fused-ring (bicyclic) bond motifs is 2. The van der Waals surface area contributed by atoms with Crippen LogP contribution in [-0.2, 0) is 42.8 Å². The number of carbonyl (C=O) groups is 5. The Hall–Kier alpha value is -5.28. The molecule has 0 spiro atoms. The molecule has 3 aromatic rings. The third-order valence-electron chi connectivity index (χ3n) is 12.8. The molecule has 14 heteroatoms. The maximum absolute atomic E-state index is 14.7. The Morgan fingerprint density at radius 2 is 1.70 bits per heavy atom. The summed E-state index contributed by atoms with van der Waals surface area (Å²) >= 11 is 0. The molecule has 3 aliphatic rings. The molecule has 14 nitrogen and oxygen atoms in total. The van der Waals surface area contributed by atoms with Crippen molar-refractivity contribution in [3.05, 3.63) is 96.2 Å². The first-order valence-corrected chi connectivity index (χ1v) is 21.7. The summed E-state index contributed by atoms with van der Waals surface area (Å²) in [6.45, 7) is 16.0. The van der Waals surface area contributed by atoms with Gasteiger partial charge in [0.25, 0.3) is 0 Å². The zero-order valence-electron chi connectivity index (χ0n) is 37.7. The lowest BCUT2D eigenvalue weighted by atomic mass is 9.74. The molecule has 0 unspecified atom stereocenters. The molecule has 1 aromatic heterocycles. The highest BCUT2D eigenvalue weighted by atomic mass is 16.7. The lowest BCUT2D eigenvalue weighted by Gasteiger charge is -2.47. The maximum atomic E-state index is 14.7. The van der Waals surface area contributed by atoms with Crippen LogP contribution >= 0.6 is 0 Å². The largest absolute Gasteiger partial charge is 0.454 e. The predicted octanol–water partition coefficient (Wildman–Crippen LogP) is 6.89. The molecular formula is C49H61N3O11. The number of benzene rings is 2. The summed E-state index contributed by atoms with van der Waals surface area (Å²) in [4.78, 5) is 76.3. The van der Waals surface area contributed by atoms with Crippen LogP contribution < -0.4 is 5.32 Å². The molecule has 2 aromatic carbocycles. The topological polar surface area (TPSA) is 169 Å². The first-order chi connectivity index (χ1) is 29.9. The summed E-state index contributed by atoms with van der Waals surface area (Å²) in [5.74, 6) is -5.25. The highest BCUT2D eigenvalue weighted by Crippen LogP contribution is 2.41. The molecule has 1 N–H and O–H groups in total. The third-order valence-corrected chi connectivity index (χ3v) is 12.8. The number of nitrogens with zero attached hydrogens (tertiary/aromatic N) is 2. The molecule has 3 aliphatic heterocycles. The fourth-order valence-corrected chi connectivity index (χ4v) is 9.42. The molecule has 63 heavy (non-hydrogen) atoms. The minimum absolute atomic E-state index is 0.000986. The van der Waals surface area contributed by atoms with Gasteiger partial charge in [-0.3, -0.25) is 14.6 Å². The van der Waals surface area contributed by atoms with E-state index in [1.807, 2.05) is 68.4 Å². The summed E-state index contributed by atoms with van der Waals surface area (Å²) in [6.07, 6.45) is 0.502. The maximum Gasteiger partial charge on any atom is 0.408 e. The van der Waals surface area contributed by atoms with Crippen molar-refractivity contribution in [3.8, 4) is 0 Å². The van der Waals surface area contributed by atoms with Gasteiger partial charge in [-0.2, -0.15) is 0 Å². The molecule has 12 atom stereocenters. The average Bonchev–Trinajstić information content (AvgIpc) is 3.58. The van der Waals surface area contributed by atoms with E-state index >= 15 is 0 Å². The molecule has 3 saturated heterocycles. The summed E-state index contributed by atoms with van der Waals surface area (Å²) in [5.41, 5.74) is -1.37. The van der Waals surface area contributed by atoms with Gasteiger partial charge in [-0.1, -0.05) is 82.8 Å². The minimum atomic E-state index is -1.47. The number of aromatic nitrogens is 1. The zero-order chi connectivity index (χ0) is 45.8. The molecule has 0 radical (unpaired) electrons. The third kappa shape index (κ3) is 10.3. The van der Waals surface area contributed by atoms with Crippen LogP contribution in [0, 0.1) is 17.8 Å². The van der Waals surface area contributed by atoms with Gasteiger partial charge in [0.15, 0.2) is 23.8 Å². The Balaban J connectivity index is 1.43. The number of Topliss-reactive ketones (excluding diaryl/α,β-unsaturated/α-hetero) is 2. The van der Waals surface area contributed by atoms with Gasteiger partial charge in [0.1, 0.15) is 11.9 Å². The zero-order valence-corrected chi connectivity index (χ0v) is 37.7. The van der Waals surface area contributed by atoms with E-state index in [0.29, 0.717) is 12.0 Å². The fraction of sp³-hybridized carbons (Fsp3) is 0.510. The Labute approximate surface area is 369 Å². The van der Waals surface area contributed by atoms with Crippen molar-refractivity contribution in [1.29, 1.82) is 0 Å². The second-order valence-corrected chi connectivity index (χ2v) is 17.8. The number of amides is 1. The smallest absolute Gasteiger partial charge is 0.408 e. The number of hydrogen-bond donors (Lipinski definition) is 1. The molecule has 1 amide bonds. The lowest BCUT2D eigenvalue weighted by Crippen LogP contribution is -2.60.